The van der Waals surface area contributed by atoms with Gasteiger partial charge >= 0.3 is 110 Å². The molecule has 5 aliphatic rings. The van der Waals surface area contributed by atoms with Crippen molar-refractivity contribution in [2.24, 2.45) is 11.8 Å². The number of ether oxygens (including phenoxy) is 1. The Morgan fingerprint density at radius 1 is 0.519 bits per heavy atom. The normalized spacial score (nSPS) is 20.0. The quantitative estimate of drug-likeness (QED) is 0.195. The van der Waals surface area contributed by atoms with Crippen LogP contribution in [0.3, 0.4) is 0 Å². The molecule has 316 valence electrons. The molecule has 0 radical (unpaired) electrons. The summed E-state index contributed by atoms with van der Waals surface area (Å²) in [5, 5.41) is 0. The predicted molar refractivity (Wildman–Crippen MR) is 237 cm³/mol. The Morgan fingerprint density at radius 2 is 0.788 bits per heavy atom. The van der Waals surface area contributed by atoms with Gasteiger partial charge in [0.25, 0.3) is 0 Å². The molecular formula is C36H84Cl4O6Si4Zr2. The molecule has 52 heavy (non-hydrogen) atoms. The number of hydrogen-bond acceptors (Lipinski definition) is 6. The van der Waals surface area contributed by atoms with Crippen LogP contribution < -0.4 is 0 Å². The SMILES string of the molecule is CC1CCCC1.CC1CCCC1.COC1CCCC1.CO[Si](C)(C)O[Si](C)(C)OC1CCCC1.C[Si]1(C)O[Si](C)(C)O1.[CH3-].[CH3-].[CH3-].[CH3-].[Cl][Zr+2][Cl].[Cl][Zr+2][Cl]. The van der Waals surface area contributed by atoms with Crippen LogP contribution in [0.2, 0.25) is 52.4 Å². The fourth-order valence-electron chi connectivity index (χ4n) is 6.64. The molecule has 0 unspecified atom stereocenters. The summed E-state index contributed by atoms with van der Waals surface area (Å²) >= 11 is -1.65. The van der Waals surface area contributed by atoms with Gasteiger partial charge in [-0.25, -0.2) is 0 Å². The average molecular weight is 1050 g/mol. The van der Waals surface area contributed by atoms with Crippen molar-refractivity contribution in [3.8, 4) is 0 Å². The summed E-state index contributed by atoms with van der Waals surface area (Å²) < 4.78 is 33.8. The van der Waals surface area contributed by atoms with Crippen molar-refractivity contribution in [2.45, 2.75) is 181 Å². The first-order chi connectivity index (χ1) is 22.3. The number of methoxy groups -OCH3 is 1. The molecule has 0 spiro atoms. The molecule has 4 saturated carbocycles. The van der Waals surface area contributed by atoms with E-state index in [0.717, 1.165) is 11.8 Å². The predicted octanol–water partition coefficient (Wildman–Crippen LogP) is 15.0. The van der Waals surface area contributed by atoms with Crippen LogP contribution in [0.25, 0.3) is 0 Å². The molecule has 0 bridgehead atoms. The van der Waals surface area contributed by atoms with Crippen molar-refractivity contribution in [3.63, 3.8) is 0 Å². The van der Waals surface area contributed by atoms with Gasteiger partial charge in [-0.2, -0.15) is 0 Å². The van der Waals surface area contributed by atoms with E-state index in [1.807, 2.05) is 0 Å². The summed E-state index contributed by atoms with van der Waals surface area (Å²) in [6.07, 6.45) is 23.3. The van der Waals surface area contributed by atoms with Crippen LogP contribution in [-0.2, 0) is 67.6 Å². The van der Waals surface area contributed by atoms with Crippen molar-refractivity contribution in [3.05, 3.63) is 29.7 Å². The fraction of sp³-hybridized carbons (Fsp3) is 0.889. The molecular weight excluding hydrogens is 965 g/mol. The summed E-state index contributed by atoms with van der Waals surface area (Å²) in [6, 6.07) is 0. The minimum atomic E-state index is -1.99. The zero-order valence-electron chi connectivity index (χ0n) is 36.6. The van der Waals surface area contributed by atoms with Crippen molar-refractivity contribution in [1.29, 1.82) is 0 Å². The minimum absolute atomic E-state index is 0. The Morgan fingerprint density at radius 3 is 0.962 bits per heavy atom. The third kappa shape index (κ3) is 41.7. The van der Waals surface area contributed by atoms with E-state index in [2.05, 4.69) is 66.2 Å². The van der Waals surface area contributed by atoms with Gasteiger partial charge in [-0.3, -0.25) is 0 Å². The van der Waals surface area contributed by atoms with Crippen molar-refractivity contribution >= 4 is 68.3 Å². The van der Waals surface area contributed by atoms with Crippen molar-refractivity contribution < 1.29 is 67.6 Å². The standard InChI is InChI=1S/C10H24O3Si2.C6H12O.2C6H12.C4H12O2Si2.4CH3.4ClH.2Zr/c1-11-14(2,3)13-15(4,5)12-10-8-6-7-9-10;1-7-6-4-2-3-5-6;2*1-6-4-2-3-5-6;1-7(2)5-8(3,4)6-7;;;;;;;;;;/h10H,6-9H2,1-5H3;6H,2-5H2,1H3;2*6H,2-5H2,1H3;1-4H3;4*1H3;4*1H;;/q;;;;;4*-1;;;;;2*+4/p-4. The van der Waals surface area contributed by atoms with E-state index in [1.165, 1.54) is 103 Å². The maximum atomic E-state index is 6.11. The first kappa shape index (κ1) is 67.3. The summed E-state index contributed by atoms with van der Waals surface area (Å²) in [6.45, 7) is 21.4. The van der Waals surface area contributed by atoms with E-state index < -0.39 is 75.9 Å². The molecule has 0 amide bonds. The van der Waals surface area contributed by atoms with E-state index in [-0.39, 0.29) is 29.7 Å². The average Bonchev–Trinajstić information content (AvgIpc) is 3.79. The van der Waals surface area contributed by atoms with Gasteiger partial charge in [0.1, 0.15) is 0 Å². The van der Waals surface area contributed by atoms with Crippen LogP contribution >= 0.6 is 34.1 Å². The third-order valence-corrected chi connectivity index (χ3v) is 22.3. The van der Waals surface area contributed by atoms with Gasteiger partial charge in [-0.05, 0) is 89.9 Å². The van der Waals surface area contributed by atoms with Crippen LogP contribution in [0.15, 0.2) is 0 Å². The first-order valence-electron chi connectivity index (χ1n) is 18.1. The second-order valence-electron chi connectivity index (χ2n) is 15.2. The van der Waals surface area contributed by atoms with E-state index in [9.17, 15) is 0 Å². The fourth-order valence-corrected chi connectivity index (χ4v) is 22.5. The van der Waals surface area contributed by atoms with Gasteiger partial charge in [-0.1, -0.05) is 90.9 Å². The Balaban J connectivity index is -0.000000125. The second-order valence-corrected chi connectivity index (χ2v) is 37.0. The maximum absolute atomic E-state index is 6.11. The molecule has 0 atom stereocenters. The zero-order valence-corrected chi connectivity index (χ0v) is 48.5. The molecule has 0 aromatic heterocycles. The molecule has 1 saturated heterocycles. The molecule has 6 nitrogen and oxygen atoms in total. The second kappa shape index (κ2) is 38.7. The summed E-state index contributed by atoms with van der Waals surface area (Å²) in [5.74, 6) is 2.09. The van der Waals surface area contributed by atoms with E-state index >= 15 is 0 Å². The molecule has 0 N–H and O–H groups in total. The van der Waals surface area contributed by atoms with Crippen molar-refractivity contribution in [1.82, 2.24) is 0 Å². The van der Waals surface area contributed by atoms with Crippen LogP contribution in [0, 0.1) is 41.5 Å². The molecule has 16 heteroatoms. The molecule has 0 aromatic rings. The van der Waals surface area contributed by atoms with Gasteiger partial charge in [0, 0.05) is 20.3 Å². The van der Waals surface area contributed by atoms with Gasteiger partial charge in [0.05, 0.1) is 6.10 Å². The van der Waals surface area contributed by atoms with Gasteiger partial charge in [0.15, 0.2) is 0 Å². The summed E-state index contributed by atoms with van der Waals surface area (Å²) in [4.78, 5) is 0. The molecule has 4 aliphatic carbocycles. The summed E-state index contributed by atoms with van der Waals surface area (Å²) in [5.41, 5.74) is 0. The van der Waals surface area contributed by atoms with Gasteiger partial charge in [0.2, 0.25) is 0 Å². The van der Waals surface area contributed by atoms with Crippen molar-refractivity contribution in [2.75, 3.05) is 14.2 Å². The first-order valence-corrected chi connectivity index (χ1v) is 42.0. The van der Waals surface area contributed by atoms with Gasteiger partial charge < -0.3 is 55.6 Å². The molecule has 5 rings (SSSR count). The van der Waals surface area contributed by atoms with E-state index in [0.29, 0.717) is 12.2 Å². The Bertz CT molecular complexity index is 708. The Hall–Kier alpha value is 3.55. The topological polar surface area (TPSA) is 55.4 Å². The van der Waals surface area contributed by atoms with E-state index in [4.69, 9.17) is 60.0 Å². The van der Waals surface area contributed by atoms with E-state index in [1.54, 1.807) is 14.2 Å². The van der Waals surface area contributed by atoms with Crippen LogP contribution in [0.5, 0.6) is 0 Å². The zero-order chi connectivity index (χ0) is 37.3. The third-order valence-electron chi connectivity index (χ3n) is 8.64. The molecule has 5 fully saturated rings. The molecule has 1 heterocycles. The molecule has 1 aliphatic heterocycles. The Labute approximate surface area is 369 Å². The van der Waals surface area contributed by atoms with Crippen LogP contribution in [0.1, 0.15) is 117 Å². The monoisotopic (exact) mass is 1040 g/mol. The van der Waals surface area contributed by atoms with Crippen LogP contribution in [-0.4, -0.2) is 60.7 Å². The summed E-state index contributed by atoms with van der Waals surface area (Å²) in [7, 11) is 16.3. The molecule has 0 aromatic carbocycles. The number of hydrogen-bond donors (Lipinski definition) is 0. The van der Waals surface area contributed by atoms with Crippen LogP contribution in [0.4, 0.5) is 0 Å². The number of rotatable bonds is 6. The number of halogens is 4. The van der Waals surface area contributed by atoms with Gasteiger partial charge in [-0.15, -0.1) is 0 Å². The Kier molecular flexibility index (Phi) is 50.2.